The van der Waals surface area contributed by atoms with Crippen LogP contribution in [-0.4, -0.2) is 65.1 Å². The first-order valence-electron chi connectivity index (χ1n) is 12.2. The summed E-state index contributed by atoms with van der Waals surface area (Å²) >= 11 is 0. The molecular weight excluding hydrogens is 426 g/mol. The lowest BCUT2D eigenvalue weighted by Gasteiger charge is -2.36. The van der Waals surface area contributed by atoms with Crippen molar-refractivity contribution < 1.29 is 9.47 Å². The fourth-order valence-corrected chi connectivity index (χ4v) is 4.70. The molecule has 2 saturated heterocycles. The van der Waals surface area contributed by atoms with Crippen LogP contribution in [0.5, 0.6) is 0 Å². The Kier molecular flexibility index (Phi) is 6.68. The molecule has 2 aliphatic heterocycles. The van der Waals surface area contributed by atoms with Crippen LogP contribution in [0.2, 0.25) is 0 Å². The van der Waals surface area contributed by atoms with Gasteiger partial charge in [0.1, 0.15) is 0 Å². The summed E-state index contributed by atoms with van der Waals surface area (Å²) in [4.78, 5) is 13.8. The Labute approximate surface area is 202 Å². The Balaban J connectivity index is 1.22. The molecule has 0 N–H and O–H groups in total. The zero-order valence-corrected chi connectivity index (χ0v) is 20.5. The molecular formula is C27H35N5O2. The van der Waals surface area contributed by atoms with Crippen molar-refractivity contribution >= 4 is 5.69 Å². The Bertz CT molecular complexity index is 1080. The third kappa shape index (κ3) is 5.32. The Morgan fingerprint density at radius 2 is 1.82 bits per heavy atom. The van der Waals surface area contributed by atoms with Crippen molar-refractivity contribution in [3.05, 3.63) is 66.4 Å². The highest BCUT2D eigenvalue weighted by molar-refractivity contribution is 5.67. The van der Waals surface area contributed by atoms with E-state index in [1.165, 1.54) is 16.8 Å². The molecule has 1 aromatic carbocycles. The molecule has 0 atom stereocenters. The number of ether oxygens (including phenoxy) is 2. The summed E-state index contributed by atoms with van der Waals surface area (Å²) < 4.78 is 14.0. The van der Waals surface area contributed by atoms with Gasteiger partial charge in [0, 0.05) is 55.6 Å². The van der Waals surface area contributed by atoms with Crippen molar-refractivity contribution in [1.29, 1.82) is 0 Å². The van der Waals surface area contributed by atoms with Crippen LogP contribution in [0.1, 0.15) is 25.1 Å². The number of nitrogens with zero attached hydrogens (tertiary/aromatic N) is 5. The zero-order valence-electron chi connectivity index (χ0n) is 20.5. The van der Waals surface area contributed by atoms with Gasteiger partial charge in [-0.15, -0.1) is 0 Å². The van der Waals surface area contributed by atoms with Crippen molar-refractivity contribution in [3.63, 3.8) is 0 Å². The zero-order chi connectivity index (χ0) is 23.5. The number of piperazine rings is 1. The molecule has 5 rings (SSSR count). The van der Waals surface area contributed by atoms with Crippen LogP contribution in [0.3, 0.4) is 0 Å². The molecule has 7 heteroatoms. The molecule has 0 aliphatic carbocycles. The van der Waals surface area contributed by atoms with Gasteiger partial charge in [-0.1, -0.05) is 26.0 Å². The third-order valence-electron chi connectivity index (χ3n) is 6.71. The number of hydrogen-bond donors (Lipinski definition) is 0. The quantitative estimate of drug-likeness (QED) is 0.554. The molecule has 2 aliphatic rings. The average Bonchev–Trinajstić information content (AvgIpc) is 3.29. The standard InChI is InChI=1S/C27H35N5O2/c1-21-14-23(31-12-10-30(11-13-31)16-22-6-4-5-9-29-22)7-8-24(21)25-15-28-20-32(25)17-26-33-18-27(2,3)19-34-26/h4-9,14-15,20,26H,10-13,16-19H2,1-3H3. The van der Waals surface area contributed by atoms with E-state index in [1.807, 2.05) is 24.8 Å². The van der Waals surface area contributed by atoms with Gasteiger partial charge in [-0.3, -0.25) is 9.88 Å². The fraction of sp³-hybridized carbons (Fsp3) is 0.481. The first-order chi connectivity index (χ1) is 16.5. The number of anilines is 1. The first-order valence-corrected chi connectivity index (χ1v) is 12.2. The summed E-state index contributed by atoms with van der Waals surface area (Å²) in [5.41, 5.74) is 6.05. The van der Waals surface area contributed by atoms with Crippen molar-refractivity contribution in [2.75, 3.05) is 44.3 Å². The molecule has 0 unspecified atom stereocenters. The van der Waals surface area contributed by atoms with Crippen molar-refractivity contribution in [2.45, 2.75) is 40.2 Å². The molecule has 0 saturated carbocycles. The lowest BCUT2D eigenvalue weighted by Crippen LogP contribution is -2.46. The monoisotopic (exact) mass is 461 g/mol. The van der Waals surface area contributed by atoms with E-state index in [9.17, 15) is 0 Å². The van der Waals surface area contributed by atoms with Gasteiger partial charge in [-0.25, -0.2) is 4.98 Å². The summed E-state index contributed by atoms with van der Waals surface area (Å²) in [7, 11) is 0. The normalized spacial score (nSPS) is 19.4. The lowest BCUT2D eigenvalue weighted by atomic mass is 9.96. The van der Waals surface area contributed by atoms with Gasteiger partial charge in [-0.05, 0) is 36.8 Å². The summed E-state index contributed by atoms with van der Waals surface area (Å²) in [6.07, 6.45) is 5.45. The van der Waals surface area contributed by atoms with E-state index in [0.717, 1.165) is 44.1 Å². The molecule has 4 heterocycles. The van der Waals surface area contributed by atoms with Gasteiger partial charge >= 0.3 is 0 Å². The van der Waals surface area contributed by atoms with E-state index in [-0.39, 0.29) is 11.7 Å². The first kappa shape index (κ1) is 23.0. The van der Waals surface area contributed by atoms with Crippen LogP contribution >= 0.6 is 0 Å². The van der Waals surface area contributed by atoms with Gasteiger partial charge in [0.2, 0.25) is 0 Å². The van der Waals surface area contributed by atoms with Crippen molar-refractivity contribution in [1.82, 2.24) is 19.4 Å². The summed E-state index contributed by atoms with van der Waals surface area (Å²) in [5, 5.41) is 0. The maximum Gasteiger partial charge on any atom is 0.175 e. The van der Waals surface area contributed by atoms with Gasteiger partial charge in [-0.2, -0.15) is 0 Å². The molecule has 0 radical (unpaired) electrons. The van der Waals surface area contributed by atoms with E-state index in [4.69, 9.17) is 9.47 Å². The van der Waals surface area contributed by atoms with Gasteiger partial charge in [0.05, 0.1) is 43.7 Å². The molecule has 7 nitrogen and oxygen atoms in total. The second-order valence-electron chi connectivity index (χ2n) is 10.2. The van der Waals surface area contributed by atoms with Gasteiger partial charge in [0.25, 0.3) is 0 Å². The van der Waals surface area contributed by atoms with Crippen LogP contribution in [0, 0.1) is 12.3 Å². The Morgan fingerprint density at radius 1 is 1.03 bits per heavy atom. The maximum atomic E-state index is 5.95. The van der Waals surface area contributed by atoms with E-state index < -0.39 is 0 Å². The maximum absolute atomic E-state index is 5.95. The van der Waals surface area contributed by atoms with Crippen LogP contribution in [0.4, 0.5) is 5.69 Å². The SMILES string of the molecule is Cc1cc(N2CCN(Cc3ccccn3)CC2)ccc1-c1cncn1CC1OCC(C)(C)CO1. The molecule has 180 valence electrons. The summed E-state index contributed by atoms with van der Waals surface area (Å²) in [6.45, 7) is 13.6. The van der Waals surface area contributed by atoms with Crippen molar-refractivity contribution in [3.8, 4) is 11.3 Å². The predicted octanol–water partition coefficient (Wildman–Crippen LogP) is 3.97. The number of aromatic nitrogens is 3. The van der Waals surface area contributed by atoms with Crippen LogP contribution in [0.15, 0.2) is 55.1 Å². The summed E-state index contributed by atoms with van der Waals surface area (Å²) in [6, 6.07) is 12.9. The second-order valence-corrected chi connectivity index (χ2v) is 10.2. The minimum atomic E-state index is -0.233. The van der Waals surface area contributed by atoms with E-state index in [2.05, 4.69) is 75.4 Å². The topological polar surface area (TPSA) is 55.7 Å². The number of imidazole rings is 1. The van der Waals surface area contributed by atoms with E-state index >= 15 is 0 Å². The average molecular weight is 462 g/mol. The minimum Gasteiger partial charge on any atom is -0.369 e. The highest BCUT2D eigenvalue weighted by Gasteiger charge is 2.29. The molecule has 0 amide bonds. The molecule has 3 aromatic rings. The largest absolute Gasteiger partial charge is 0.369 e. The molecule has 34 heavy (non-hydrogen) atoms. The third-order valence-corrected chi connectivity index (χ3v) is 6.71. The van der Waals surface area contributed by atoms with Gasteiger partial charge < -0.3 is 18.9 Å². The fourth-order valence-electron chi connectivity index (χ4n) is 4.70. The van der Waals surface area contributed by atoms with Gasteiger partial charge in [0.15, 0.2) is 6.29 Å². The number of hydrogen-bond acceptors (Lipinski definition) is 6. The highest BCUT2D eigenvalue weighted by atomic mass is 16.7. The van der Waals surface area contributed by atoms with Crippen LogP contribution in [-0.2, 0) is 22.6 Å². The Hall–Kier alpha value is -2.74. The number of pyridine rings is 1. The molecule has 0 spiro atoms. The number of aryl methyl sites for hydroxylation is 1. The minimum absolute atomic E-state index is 0.0740. The van der Waals surface area contributed by atoms with Crippen LogP contribution < -0.4 is 4.90 Å². The molecule has 2 fully saturated rings. The number of benzene rings is 1. The predicted molar refractivity (Wildman–Crippen MR) is 134 cm³/mol. The molecule has 0 bridgehead atoms. The second kappa shape index (κ2) is 9.86. The highest BCUT2D eigenvalue weighted by Crippen LogP contribution is 2.29. The Morgan fingerprint density at radius 3 is 2.53 bits per heavy atom. The molecule has 2 aromatic heterocycles. The van der Waals surface area contributed by atoms with Crippen LogP contribution in [0.25, 0.3) is 11.3 Å². The number of rotatable bonds is 6. The smallest absolute Gasteiger partial charge is 0.175 e. The van der Waals surface area contributed by atoms with E-state index in [0.29, 0.717) is 19.8 Å². The van der Waals surface area contributed by atoms with E-state index in [1.54, 1.807) is 0 Å². The van der Waals surface area contributed by atoms with Crippen molar-refractivity contribution in [2.24, 2.45) is 5.41 Å². The summed E-state index contributed by atoms with van der Waals surface area (Å²) in [5.74, 6) is 0. The lowest BCUT2D eigenvalue weighted by molar-refractivity contribution is -0.226.